The number of nitrogens with zero attached hydrogens (tertiary/aromatic N) is 1. The van der Waals surface area contributed by atoms with Gasteiger partial charge in [-0.25, -0.2) is 0 Å². The zero-order valence-electron chi connectivity index (χ0n) is 22.0. The van der Waals surface area contributed by atoms with Gasteiger partial charge in [0.1, 0.15) is 9.75 Å². The van der Waals surface area contributed by atoms with Crippen LogP contribution < -0.4 is 5.32 Å². The molecule has 3 aromatic rings. The van der Waals surface area contributed by atoms with E-state index in [2.05, 4.69) is 5.32 Å². The molecule has 5 nitrogen and oxygen atoms in total. The largest absolute Gasteiger partial charge is 0.416 e. The highest BCUT2D eigenvalue weighted by Gasteiger charge is 2.72. The zero-order chi connectivity index (χ0) is 30.0. The molecule has 1 heterocycles. The average Bonchev–Trinajstić information content (AvgIpc) is 3.22. The van der Waals surface area contributed by atoms with Crippen LogP contribution in [0.2, 0.25) is 5.02 Å². The number of alkyl halides is 5. The van der Waals surface area contributed by atoms with Gasteiger partial charge in [0.05, 0.1) is 28.1 Å². The summed E-state index contributed by atoms with van der Waals surface area (Å²) >= 11 is 20.8. The smallest absolute Gasteiger partial charge is 0.325 e. The number of likely N-dealkylation sites (tertiary alicyclic amines) is 1. The Morgan fingerprint density at radius 2 is 1.31 bits per heavy atom. The van der Waals surface area contributed by atoms with Crippen LogP contribution in [0.25, 0.3) is 0 Å². The first-order valence-corrected chi connectivity index (χ1v) is 14.6. The molecule has 0 radical (unpaired) electrons. The predicted octanol–water partition coefficient (Wildman–Crippen LogP) is 7.45. The van der Waals surface area contributed by atoms with Gasteiger partial charge in [0, 0.05) is 13.0 Å². The Balaban J connectivity index is 1.12. The van der Waals surface area contributed by atoms with Crippen molar-refractivity contribution in [2.75, 3.05) is 11.9 Å². The molecular formula is C31H24Cl3F3N2O3. The third kappa shape index (κ3) is 4.25. The number of anilines is 1. The first-order chi connectivity index (χ1) is 19.9. The van der Waals surface area contributed by atoms with E-state index in [4.69, 9.17) is 34.8 Å². The minimum atomic E-state index is -4.57. The number of carbonyl (C=O) groups is 3. The summed E-state index contributed by atoms with van der Waals surface area (Å²) in [6.45, 7) is 0.137. The van der Waals surface area contributed by atoms with E-state index in [0.29, 0.717) is 19.3 Å². The molecule has 3 aromatic carbocycles. The van der Waals surface area contributed by atoms with E-state index in [1.165, 1.54) is 4.90 Å². The van der Waals surface area contributed by atoms with Crippen LogP contribution in [0.4, 0.5) is 18.9 Å². The molecule has 1 aliphatic heterocycles. The van der Waals surface area contributed by atoms with Crippen molar-refractivity contribution in [3.63, 3.8) is 0 Å². The summed E-state index contributed by atoms with van der Waals surface area (Å²) in [6, 6.07) is 17.6. The van der Waals surface area contributed by atoms with Crippen LogP contribution in [0.1, 0.15) is 53.5 Å². The molecule has 1 fully saturated rings. The second-order valence-electron chi connectivity index (χ2n) is 10.8. The quantitative estimate of drug-likeness (QED) is 0.167. The highest BCUT2D eigenvalue weighted by molar-refractivity contribution is 6.36. The maximum Gasteiger partial charge on any atom is 0.416 e. The topological polar surface area (TPSA) is 66.5 Å². The lowest BCUT2D eigenvalue weighted by atomic mass is 9.54. The molecule has 3 aliphatic carbocycles. The van der Waals surface area contributed by atoms with Crippen molar-refractivity contribution < 1.29 is 27.6 Å². The van der Waals surface area contributed by atoms with Gasteiger partial charge in [0.2, 0.25) is 17.7 Å². The van der Waals surface area contributed by atoms with Crippen molar-refractivity contribution in [1.29, 1.82) is 0 Å². The first kappa shape index (κ1) is 29.0. The number of hydrogen-bond donors (Lipinski definition) is 1. The Hall–Kier alpha value is -3.07. The number of nitrogens with one attached hydrogen (secondary N) is 1. The van der Waals surface area contributed by atoms with Gasteiger partial charge in [0.25, 0.3) is 0 Å². The predicted molar refractivity (Wildman–Crippen MR) is 153 cm³/mol. The van der Waals surface area contributed by atoms with Crippen molar-refractivity contribution in [3.8, 4) is 0 Å². The lowest BCUT2D eigenvalue weighted by molar-refractivity contribution is -0.140. The number of amides is 3. The fraction of sp³-hybridized carbons (Fsp3) is 0.323. The Kier molecular flexibility index (Phi) is 7.10. The first-order valence-electron chi connectivity index (χ1n) is 13.5. The van der Waals surface area contributed by atoms with Gasteiger partial charge in [-0.2, -0.15) is 13.2 Å². The minimum absolute atomic E-state index is 0.00345. The van der Waals surface area contributed by atoms with Crippen LogP contribution >= 0.6 is 34.8 Å². The number of rotatable bonds is 7. The number of imide groups is 1. The van der Waals surface area contributed by atoms with E-state index in [-0.39, 0.29) is 35.5 Å². The highest BCUT2D eigenvalue weighted by atomic mass is 35.5. The molecule has 1 saturated heterocycles. The number of benzene rings is 3. The average molecular weight is 636 g/mol. The number of halogens is 6. The molecule has 7 rings (SSSR count). The van der Waals surface area contributed by atoms with Crippen LogP contribution in [-0.2, 0) is 30.3 Å². The molecular weight excluding hydrogens is 612 g/mol. The van der Waals surface area contributed by atoms with Gasteiger partial charge >= 0.3 is 6.18 Å². The third-order valence-electron chi connectivity index (χ3n) is 8.53. The molecule has 0 unspecified atom stereocenters. The molecule has 4 aliphatic rings. The number of carbonyl (C=O) groups excluding carboxylic acids is 3. The van der Waals surface area contributed by atoms with Crippen LogP contribution in [0, 0.1) is 11.8 Å². The molecule has 3 amide bonds. The summed E-state index contributed by atoms with van der Waals surface area (Å²) in [4.78, 5) is 38.8. The van der Waals surface area contributed by atoms with E-state index in [0.717, 1.165) is 40.5 Å². The molecule has 0 aromatic heterocycles. The van der Waals surface area contributed by atoms with Crippen molar-refractivity contribution in [3.05, 3.63) is 99.6 Å². The van der Waals surface area contributed by atoms with Crippen molar-refractivity contribution in [2.45, 2.75) is 41.6 Å². The van der Waals surface area contributed by atoms with E-state index >= 15 is 0 Å². The number of hydrogen-bond acceptors (Lipinski definition) is 3. The highest BCUT2D eigenvalue weighted by Crippen LogP contribution is 2.69. The molecule has 11 heteroatoms. The van der Waals surface area contributed by atoms with Crippen LogP contribution in [0.5, 0.6) is 0 Å². The van der Waals surface area contributed by atoms with E-state index in [1.807, 2.05) is 48.5 Å². The van der Waals surface area contributed by atoms with Crippen LogP contribution in [0.15, 0.2) is 66.7 Å². The van der Waals surface area contributed by atoms with E-state index < -0.39 is 39.2 Å². The molecule has 2 bridgehead atoms. The van der Waals surface area contributed by atoms with Gasteiger partial charge in [-0.3, -0.25) is 19.3 Å². The zero-order valence-corrected chi connectivity index (χ0v) is 24.2. The molecule has 218 valence electrons. The normalized spacial score (nSPS) is 25.7. The molecule has 1 N–H and O–H groups in total. The maximum atomic E-state index is 13.8. The summed E-state index contributed by atoms with van der Waals surface area (Å²) in [5, 5.41) is 2.42. The SMILES string of the molecule is O=C(CCCCCN1C(=O)[C@@H]2[C@H](C1=O)C1(Cl)c3ccccc3C2(Cl)c2ccccc21)Nc1cc(C(F)(F)F)ccc1Cl. The summed E-state index contributed by atoms with van der Waals surface area (Å²) in [6.07, 6.45) is -3.22. The fourth-order valence-corrected chi connectivity index (χ4v) is 7.95. The van der Waals surface area contributed by atoms with Crippen molar-refractivity contribution in [2.24, 2.45) is 11.8 Å². The van der Waals surface area contributed by atoms with Crippen LogP contribution in [0.3, 0.4) is 0 Å². The van der Waals surface area contributed by atoms with Crippen LogP contribution in [-0.4, -0.2) is 29.2 Å². The second-order valence-corrected chi connectivity index (χ2v) is 12.4. The summed E-state index contributed by atoms with van der Waals surface area (Å²) in [5.41, 5.74) is 1.90. The lowest BCUT2D eigenvalue weighted by Gasteiger charge is -2.54. The Labute approximate surface area is 254 Å². The monoisotopic (exact) mass is 634 g/mol. The molecule has 42 heavy (non-hydrogen) atoms. The summed E-state index contributed by atoms with van der Waals surface area (Å²) < 4.78 is 39.0. The lowest BCUT2D eigenvalue weighted by Crippen LogP contribution is -2.57. The van der Waals surface area contributed by atoms with Gasteiger partial charge in [-0.15, -0.1) is 23.2 Å². The minimum Gasteiger partial charge on any atom is -0.325 e. The molecule has 2 atom stereocenters. The Morgan fingerprint density at radius 1 is 0.810 bits per heavy atom. The number of unbranched alkanes of at least 4 members (excludes halogenated alkanes) is 2. The third-order valence-corrected chi connectivity index (χ3v) is 10.1. The van der Waals surface area contributed by atoms with Crippen molar-refractivity contribution in [1.82, 2.24) is 4.90 Å². The van der Waals surface area contributed by atoms with Gasteiger partial charge in [0.15, 0.2) is 0 Å². The maximum absolute atomic E-state index is 13.8. The fourth-order valence-electron chi connectivity index (χ4n) is 6.69. The van der Waals surface area contributed by atoms with E-state index in [1.54, 1.807) is 0 Å². The van der Waals surface area contributed by atoms with Gasteiger partial charge < -0.3 is 5.32 Å². The second kappa shape index (κ2) is 10.3. The molecule has 0 spiro atoms. The molecule has 0 saturated carbocycles. The summed E-state index contributed by atoms with van der Waals surface area (Å²) in [7, 11) is 0. The Morgan fingerprint density at radius 3 is 1.79 bits per heavy atom. The Bertz CT molecular complexity index is 1500. The van der Waals surface area contributed by atoms with Crippen molar-refractivity contribution >= 4 is 58.2 Å². The standard InChI is InChI=1S/C31H24Cl3F3N2O3/c32-22-14-13-17(31(35,36)37)16-23(22)38-24(40)12-2-1-7-15-39-27(41)25-26(28(39)42)30(34)19-9-4-3-8-18(19)29(25,33)20-10-5-6-11-21(20)30/h3-6,8-11,13-14,16,25-26H,1-2,7,12,15H2,(H,38,40)/t25-,26+,29?,30?. The van der Waals surface area contributed by atoms with E-state index in [9.17, 15) is 27.6 Å². The van der Waals surface area contributed by atoms with Gasteiger partial charge in [-0.1, -0.05) is 66.6 Å². The van der Waals surface area contributed by atoms with Gasteiger partial charge in [-0.05, 0) is 53.3 Å². The summed E-state index contributed by atoms with van der Waals surface area (Å²) in [5.74, 6) is -2.96.